The Labute approximate surface area is 79.2 Å². The van der Waals surface area contributed by atoms with Crippen LogP contribution in [0.2, 0.25) is 0 Å². The van der Waals surface area contributed by atoms with Crippen LogP contribution in [0.15, 0.2) is 12.7 Å². The summed E-state index contributed by atoms with van der Waals surface area (Å²) in [4.78, 5) is 11.0. The fraction of sp³-hybridized carbons (Fsp3) is 0.500. The zero-order valence-corrected chi connectivity index (χ0v) is 8.04. The molecule has 0 bridgehead atoms. The van der Waals surface area contributed by atoms with Gasteiger partial charge < -0.3 is 10.1 Å². The first-order chi connectivity index (χ1) is 6.11. The minimum atomic E-state index is -0.503. The first-order valence-corrected chi connectivity index (χ1v) is 4.12. The van der Waals surface area contributed by atoms with Crippen molar-refractivity contribution in [3.63, 3.8) is 0 Å². The van der Waals surface area contributed by atoms with Gasteiger partial charge in [0, 0.05) is 0 Å². The predicted octanol–water partition coefficient (Wildman–Crippen LogP) is 1.56. The third-order valence-electron chi connectivity index (χ3n) is 1.45. The molecule has 13 heavy (non-hydrogen) atoms. The van der Waals surface area contributed by atoms with Crippen LogP contribution in [0.3, 0.4) is 0 Å². The SMILES string of the molecule is C#C[C@@H](NC(=O)OCC=C)C(C)C. The van der Waals surface area contributed by atoms with Crippen LogP contribution in [0.25, 0.3) is 0 Å². The Bertz CT molecular complexity index is 215. The maximum atomic E-state index is 11.0. The first kappa shape index (κ1) is 11.6. The summed E-state index contributed by atoms with van der Waals surface area (Å²) in [6, 6.07) is -0.280. The lowest BCUT2D eigenvalue weighted by molar-refractivity contribution is 0.154. The van der Waals surface area contributed by atoms with Crippen molar-refractivity contribution in [1.82, 2.24) is 5.32 Å². The topological polar surface area (TPSA) is 38.3 Å². The summed E-state index contributed by atoms with van der Waals surface area (Å²) >= 11 is 0. The van der Waals surface area contributed by atoms with Crippen molar-refractivity contribution in [3.05, 3.63) is 12.7 Å². The van der Waals surface area contributed by atoms with Gasteiger partial charge in [-0.25, -0.2) is 4.79 Å². The Morgan fingerprint density at radius 3 is 2.77 bits per heavy atom. The van der Waals surface area contributed by atoms with Gasteiger partial charge in [-0.3, -0.25) is 0 Å². The van der Waals surface area contributed by atoms with Gasteiger partial charge in [0.15, 0.2) is 0 Å². The highest BCUT2D eigenvalue weighted by atomic mass is 16.5. The molecule has 0 rings (SSSR count). The molecule has 0 heterocycles. The van der Waals surface area contributed by atoms with Gasteiger partial charge in [0.05, 0.1) is 6.04 Å². The number of carbonyl (C=O) groups excluding carboxylic acids is 1. The molecule has 0 aliphatic heterocycles. The van der Waals surface area contributed by atoms with E-state index in [4.69, 9.17) is 11.2 Å². The first-order valence-electron chi connectivity index (χ1n) is 4.12. The second kappa shape index (κ2) is 6.13. The molecular weight excluding hydrogens is 166 g/mol. The lowest BCUT2D eigenvalue weighted by atomic mass is 10.1. The second-order valence-corrected chi connectivity index (χ2v) is 2.92. The van der Waals surface area contributed by atoms with Gasteiger partial charge in [-0.15, -0.1) is 6.42 Å². The number of nitrogens with one attached hydrogen (secondary N) is 1. The average molecular weight is 181 g/mol. The zero-order chi connectivity index (χ0) is 10.3. The summed E-state index contributed by atoms with van der Waals surface area (Å²) in [5, 5.41) is 2.56. The van der Waals surface area contributed by atoms with E-state index in [1.54, 1.807) is 0 Å². The van der Waals surface area contributed by atoms with E-state index in [2.05, 4.69) is 17.8 Å². The maximum Gasteiger partial charge on any atom is 0.408 e. The van der Waals surface area contributed by atoms with E-state index >= 15 is 0 Å². The molecule has 1 amide bonds. The van der Waals surface area contributed by atoms with Gasteiger partial charge in [0.2, 0.25) is 0 Å². The van der Waals surface area contributed by atoms with Crippen LogP contribution < -0.4 is 5.32 Å². The van der Waals surface area contributed by atoms with Crippen LogP contribution in [0, 0.1) is 18.3 Å². The number of terminal acetylenes is 1. The Morgan fingerprint density at radius 1 is 1.77 bits per heavy atom. The Hall–Kier alpha value is -1.43. The molecule has 3 nitrogen and oxygen atoms in total. The number of hydrogen-bond donors (Lipinski definition) is 1. The van der Waals surface area contributed by atoms with Crippen LogP contribution in [0.5, 0.6) is 0 Å². The molecule has 0 saturated heterocycles. The van der Waals surface area contributed by atoms with Crippen molar-refractivity contribution in [2.75, 3.05) is 6.61 Å². The number of amides is 1. The standard InChI is InChI=1S/C10H15NO2/c1-5-7-13-10(12)11-9(6-2)8(3)4/h2,5,8-9H,1,7H2,3-4H3,(H,11,12)/t9-/m1/s1. The normalized spacial score (nSPS) is 11.5. The summed E-state index contributed by atoms with van der Waals surface area (Å²) in [6.45, 7) is 7.48. The molecule has 3 heteroatoms. The van der Waals surface area contributed by atoms with E-state index in [1.165, 1.54) is 6.08 Å². The smallest absolute Gasteiger partial charge is 0.408 e. The van der Waals surface area contributed by atoms with Crippen LogP contribution in [0.4, 0.5) is 4.79 Å². The van der Waals surface area contributed by atoms with Crippen LogP contribution >= 0.6 is 0 Å². The van der Waals surface area contributed by atoms with E-state index in [0.717, 1.165) is 0 Å². The minimum absolute atomic E-state index is 0.196. The largest absolute Gasteiger partial charge is 0.445 e. The number of rotatable bonds is 4. The van der Waals surface area contributed by atoms with Gasteiger partial charge >= 0.3 is 6.09 Å². The Balaban J connectivity index is 3.89. The molecule has 0 fully saturated rings. The van der Waals surface area contributed by atoms with Gasteiger partial charge in [-0.05, 0) is 5.92 Å². The Kier molecular flexibility index (Phi) is 5.45. The van der Waals surface area contributed by atoms with Crippen LogP contribution in [0.1, 0.15) is 13.8 Å². The highest BCUT2D eigenvalue weighted by molar-refractivity contribution is 5.68. The minimum Gasteiger partial charge on any atom is -0.445 e. The number of alkyl carbamates (subject to hydrolysis) is 1. The molecule has 0 aromatic rings. The third kappa shape index (κ3) is 4.91. The van der Waals surface area contributed by atoms with Crippen LogP contribution in [-0.4, -0.2) is 18.7 Å². The maximum absolute atomic E-state index is 11.0. The van der Waals surface area contributed by atoms with Gasteiger partial charge in [-0.1, -0.05) is 32.4 Å². The van der Waals surface area contributed by atoms with E-state index in [0.29, 0.717) is 0 Å². The fourth-order valence-corrected chi connectivity index (χ4v) is 0.704. The fourth-order valence-electron chi connectivity index (χ4n) is 0.704. The molecule has 0 radical (unpaired) electrons. The Morgan fingerprint density at radius 2 is 2.38 bits per heavy atom. The number of hydrogen-bond acceptors (Lipinski definition) is 2. The monoisotopic (exact) mass is 181 g/mol. The molecule has 0 aromatic carbocycles. The van der Waals surface area contributed by atoms with Gasteiger partial charge in [0.1, 0.15) is 6.61 Å². The summed E-state index contributed by atoms with van der Waals surface area (Å²) < 4.78 is 4.71. The quantitative estimate of drug-likeness (QED) is 0.528. The summed E-state index contributed by atoms with van der Waals surface area (Å²) in [5.41, 5.74) is 0. The molecule has 0 aliphatic carbocycles. The molecule has 72 valence electrons. The molecule has 1 N–H and O–H groups in total. The van der Waals surface area contributed by atoms with E-state index in [9.17, 15) is 4.79 Å². The number of ether oxygens (including phenoxy) is 1. The van der Waals surface area contributed by atoms with Crippen molar-refractivity contribution in [3.8, 4) is 12.3 Å². The summed E-state index contributed by atoms with van der Waals surface area (Å²) in [7, 11) is 0. The van der Waals surface area contributed by atoms with Crippen molar-refractivity contribution in [2.24, 2.45) is 5.92 Å². The van der Waals surface area contributed by atoms with Crippen molar-refractivity contribution in [1.29, 1.82) is 0 Å². The van der Waals surface area contributed by atoms with E-state index < -0.39 is 6.09 Å². The average Bonchev–Trinajstić information content (AvgIpc) is 2.10. The summed E-state index contributed by atoms with van der Waals surface area (Å²) in [6.07, 6.45) is 6.21. The van der Waals surface area contributed by atoms with Crippen molar-refractivity contribution in [2.45, 2.75) is 19.9 Å². The lowest BCUT2D eigenvalue weighted by Gasteiger charge is -2.15. The molecular formula is C10H15NO2. The number of carbonyl (C=O) groups is 1. The molecule has 0 unspecified atom stereocenters. The third-order valence-corrected chi connectivity index (χ3v) is 1.45. The zero-order valence-electron chi connectivity index (χ0n) is 8.04. The molecule has 0 spiro atoms. The lowest BCUT2D eigenvalue weighted by Crippen LogP contribution is -2.37. The highest BCUT2D eigenvalue weighted by Crippen LogP contribution is 1.99. The molecule has 0 aromatic heterocycles. The molecule has 1 atom stereocenters. The highest BCUT2D eigenvalue weighted by Gasteiger charge is 2.13. The molecule has 0 aliphatic rings. The second-order valence-electron chi connectivity index (χ2n) is 2.92. The van der Waals surface area contributed by atoms with Crippen molar-refractivity contribution >= 4 is 6.09 Å². The van der Waals surface area contributed by atoms with E-state index in [1.807, 2.05) is 13.8 Å². The predicted molar refractivity (Wildman–Crippen MR) is 52.1 cm³/mol. The van der Waals surface area contributed by atoms with Crippen molar-refractivity contribution < 1.29 is 9.53 Å². The molecule has 0 saturated carbocycles. The van der Waals surface area contributed by atoms with E-state index in [-0.39, 0.29) is 18.6 Å². The van der Waals surface area contributed by atoms with Crippen LogP contribution in [-0.2, 0) is 4.74 Å². The summed E-state index contributed by atoms with van der Waals surface area (Å²) in [5.74, 6) is 2.67. The van der Waals surface area contributed by atoms with Gasteiger partial charge in [-0.2, -0.15) is 0 Å². The van der Waals surface area contributed by atoms with Gasteiger partial charge in [0.25, 0.3) is 0 Å².